The third kappa shape index (κ3) is 2.69. The van der Waals surface area contributed by atoms with Crippen LogP contribution >= 0.6 is 0 Å². The van der Waals surface area contributed by atoms with Gasteiger partial charge in [-0.1, -0.05) is 20.8 Å². The molecule has 0 N–H and O–H groups in total. The fraction of sp³-hybridized carbons (Fsp3) is 0.636. The second kappa shape index (κ2) is 4.40. The highest BCUT2D eigenvalue weighted by Crippen LogP contribution is 2.22. The molecule has 0 spiro atoms. The number of carbonyl (C=O) groups excluding carboxylic acids is 1. The van der Waals surface area contributed by atoms with Gasteiger partial charge in [0.25, 0.3) is 0 Å². The molecule has 0 unspecified atom stereocenters. The monoisotopic (exact) mass is 194 g/mol. The Hall–Kier alpha value is -1.12. The lowest BCUT2D eigenvalue weighted by Gasteiger charge is -2.20. The van der Waals surface area contributed by atoms with E-state index in [9.17, 15) is 4.79 Å². The van der Waals surface area contributed by atoms with Crippen LogP contribution in [0.4, 0.5) is 0 Å². The van der Waals surface area contributed by atoms with Crippen LogP contribution in [0.15, 0.2) is 18.7 Å². The third-order valence-electron chi connectivity index (χ3n) is 2.79. The van der Waals surface area contributed by atoms with Gasteiger partial charge in [0.15, 0.2) is 0 Å². The predicted octanol–water partition coefficient (Wildman–Crippen LogP) is 2.28. The van der Waals surface area contributed by atoms with Gasteiger partial charge in [-0.05, 0) is 6.42 Å². The van der Waals surface area contributed by atoms with Crippen LogP contribution in [0.2, 0.25) is 0 Å². The molecule has 0 amide bonds. The summed E-state index contributed by atoms with van der Waals surface area (Å²) in [6.07, 6.45) is 6.85. The number of carbonyl (C=O) groups is 1. The van der Waals surface area contributed by atoms with Crippen molar-refractivity contribution in [3.05, 3.63) is 18.7 Å². The van der Waals surface area contributed by atoms with E-state index in [-0.39, 0.29) is 5.41 Å². The molecule has 14 heavy (non-hydrogen) atoms. The van der Waals surface area contributed by atoms with Gasteiger partial charge in [-0.3, -0.25) is 4.79 Å². The first-order chi connectivity index (χ1) is 6.56. The minimum Gasteiger partial charge on any atom is -0.337 e. The van der Waals surface area contributed by atoms with Crippen molar-refractivity contribution in [1.29, 1.82) is 0 Å². The number of aromatic nitrogens is 2. The molecule has 78 valence electrons. The van der Waals surface area contributed by atoms with E-state index in [1.165, 1.54) is 0 Å². The lowest BCUT2D eigenvalue weighted by Crippen LogP contribution is -2.24. The Kier molecular flexibility index (Phi) is 3.44. The zero-order valence-electron chi connectivity index (χ0n) is 9.16. The van der Waals surface area contributed by atoms with Crippen molar-refractivity contribution < 1.29 is 4.79 Å². The van der Waals surface area contributed by atoms with Crippen molar-refractivity contribution in [2.24, 2.45) is 5.41 Å². The molecule has 0 aromatic carbocycles. The van der Waals surface area contributed by atoms with E-state index in [2.05, 4.69) is 11.9 Å². The quantitative estimate of drug-likeness (QED) is 0.720. The van der Waals surface area contributed by atoms with Crippen LogP contribution in [0.1, 0.15) is 33.6 Å². The van der Waals surface area contributed by atoms with Crippen molar-refractivity contribution in [3.8, 4) is 0 Å². The Bertz CT molecular complexity index is 288. The van der Waals surface area contributed by atoms with Crippen LogP contribution in [-0.2, 0) is 11.3 Å². The number of nitrogens with zero attached hydrogens (tertiary/aromatic N) is 2. The van der Waals surface area contributed by atoms with Crippen LogP contribution in [0.25, 0.3) is 0 Å². The molecular weight excluding hydrogens is 176 g/mol. The normalized spacial score (nSPS) is 11.6. The number of ketones is 1. The van der Waals surface area contributed by atoms with Gasteiger partial charge in [0.2, 0.25) is 0 Å². The first kappa shape index (κ1) is 11.0. The molecule has 1 heterocycles. The lowest BCUT2D eigenvalue weighted by atomic mass is 9.84. The molecule has 1 aromatic rings. The fourth-order valence-electron chi connectivity index (χ4n) is 1.19. The molecule has 0 saturated heterocycles. The van der Waals surface area contributed by atoms with E-state index in [4.69, 9.17) is 0 Å². The Balaban J connectivity index is 2.43. The van der Waals surface area contributed by atoms with Crippen molar-refractivity contribution >= 4 is 5.78 Å². The Morgan fingerprint density at radius 1 is 1.50 bits per heavy atom. The fourth-order valence-corrected chi connectivity index (χ4v) is 1.19. The summed E-state index contributed by atoms with van der Waals surface area (Å²) >= 11 is 0. The van der Waals surface area contributed by atoms with Crippen LogP contribution in [-0.4, -0.2) is 15.3 Å². The summed E-state index contributed by atoms with van der Waals surface area (Å²) in [5, 5.41) is 0. The molecule has 3 nitrogen and oxygen atoms in total. The first-order valence-electron chi connectivity index (χ1n) is 5.05. The van der Waals surface area contributed by atoms with E-state index in [0.717, 1.165) is 13.0 Å². The van der Waals surface area contributed by atoms with Gasteiger partial charge in [-0.15, -0.1) is 0 Å². The van der Waals surface area contributed by atoms with E-state index >= 15 is 0 Å². The highest BCUT2D eigenvalue weighted by atomic mass is 16.1. The minimum atomic E-state index is -0.180. The molecule has 1 aromatic heterocycles. The topological polar surface area (TPSA) is 34.9 Å². The van der Waals surface area contributed by atoms with Gasteiger partial charge in [0.05, 0.1) is 6.33 Å². The van der Waals surface area contributed by atoms with Crippen molar-refractivity contribution in [2.75, 3.05) is 0 Å². The zero-order chi connectivity index (χ0) is 10.6. The molecule has 0 atom stereocenters. The van der Waals surface area contributed by atoms with Gasteiger partial charge in [-0.25, -0.2) is 4.98 Å². The van der Waals surface area contributed by atoms with E-state index in [1.54, 1.807) is 12.5 Å². The molecule has 0 radical (unpaired) electrons. The molecular formula is C11H18N2O. The number of aryl methyl sites for hydroxylation is 1. The number of Topliss-reactive ketones (excluding diaryl/α,β-unsaturated/α-hetero) is 1. The smallest absolute Gasteiger partial charge is 0.140 e. The predicted molar refractivity (Wildman–Crippen MR) is 55.9 cm³/mol. The summed E-state index contributed by atoms with van der Waals surface area (Å²) in [7, 11) is 0. The van der Waals surface area contributed by atoms with E-state index in [1.807, 2.05) is 24.6 Å². The van der Waals surface area contributed by atoms with Crippen LogP contribution in [0, 0.1) is 5.41 Å². The molecule has 3 heteroatoms. The van der Waals surface area contributed by atoms with Crippen LogP contribution < -0.4 is 0 Å². The minimum absolute atomic E-state index is 0.180. The number of rotatable bonds is 5. The van der Waals surface area contributed by atoms with Gasteiger partial charge in [0.1, 0.15) is 5.78 Å². The number of imidazole rings is 1. The summed E-state index contributed by atoms with van der Waals surface area (Å²) in [6.45, 7) is 6.80. The summed E-state index contributed by atoms with van der Waals surface area (Å²) in [4.78, 5) is 15.7. The van der Waals surface area contributed by atoms with Crippen LogP contribution in [0.5, 0.6) is 0 Å². The largest absolute Gasteiger partial charge is 0.337 e. The van der Waals surface area contributed by atoms with Gasteiger partial charge >= 0.3 is 0 Å². The van der Waals surface area contributed by atoms with Crippen LogP contribution in [0.3, 0.4) is 0 Å². The molecule has 0 bridgehead atoms. The second-order valence-electron chi connectivity index (χ2n) is 4.21. The number of hydrogen-bond acceptors (Lipinski definition) is 2. The standard InChI is InChI=1S/C11H18N2O/c1-4-11(2,3)10(14)5-7-13-8-6-12-9-13/h6,8-9H,4-5,7H2,1-3H3. The second-order valence-corrected chi connectivity index (χ2v) is 4.21. The van der Waals surface area contributed by atoms with Crippen molar-refractivity contribution in [2.45, 2.75) is 40.2 Å². The zero-order valence-corrected chi connectivity index (χ0v) is 9.16. The van der Waals surface area contributed by atoms with Gasteiger partial charge in [-0.2, -0.15) is 0 Å². The lowest BCUT2D eigenvalue weighted by molar-refractivity contribution is -0.127. The Morgan fingerprint density at radius 3 is 2.71 bits per heavy atom. The van der Waals surface area contributed by atoms with Crippen molar-refractivity contribution in [3.63, 3.8) is 0 Å². The summed E-state index contributed by atoms with van der Waals surface area (Å²) in [6, 6.07) is 0. The first-order valence-corrected chi connectivity index (χ1v) is 5.05. The van der Waals surface area contributed by atoms with E-state index in [0.29, 0.717) is 12.2 Å². The maximum Gasteiger partial charge on any atom is 0.140 e. The highest BCUT2D eigenvalue weighted by Gasteiger charge is 2.24. The molecule has 0 aliphatic carbocycles. The summed E-state index contributed by atoms with van der Waals surface area (Å²) in [5.41, 5.74) is -0.180. The molecule has 1 rings (SSSR count). The summed E-state index contributed by atoms with van der Waals surface area (Å²) in [5.74, 6) is 0.328. The van der Waals surface area contributed by atoms with Gasteiger partial charge < -0.3 is 4.57 Å². The Labute approximate surface area is 85.2 Å². The average molecular weight is 194 g/mol. The average Bonchev–Trinajstić information content (AvgIpc) is 2.66. The number of hydrogen-bond donors (Lipinski definition) is 0. The maximum absolute atomic E-state index is 11.8. The molecule has 0 saturated carbocycles. The van der Waals surface area contributed by atoms with Gasteiger partial charge in [0, 0.05) is 30.8 Å². The maximum atomic E-state index is 11.8. The third-order valence-corrected chi connectivity index (χ3v) is 2.79. The van der Waals surface area contributed by atoms with E-state index < -0.39 is 0 Å². The molecule has 0 aliphatic rings. The highest BCUT2D eigenvalue weighted by molar-refractivity contribution is 5.83. The Morgan fingerprint density at radius 2 is 2.21 bits per heavy atom. The SMILES string of the molecule is CCC(C)(C)C(=O)CCn1ccnc1. The molecule has 0 aliphatic heterocycles. The molecule has 0 fully saturated rings. The summed E-state index contributed by atoms with van der Waals surface area (Å²) < 4.78 is 1.93. The van der Waals surface area contributed by atoms with Crippen molar-refractivity contribution in [1.82, 2.24) is 9.55 Å².